The van der Waals surface area contributed by atoms with Crippen LogP contribution in [0.3, 0.4) is 0 Å². The van der Waals surface area contributed by atoms with Crippen LogP contribution in [0.15, 0.2) is 18.2 Å². The van der Waals surface area contributed by atoms with E-state index >= 15 is 0 Å². The molecule has 2 aliphatic heterocycles. The van der Waals surface area contributed by atoms with Crippen LogP contribution in [0, 0.1) is 0 Å². The average Bonchev–Trinajstić information content (AvgIpc) is 3.14. The summed E-state index contributed by atoms with van der Waals surface area (Å²) in [6, 6.07) is 7.91. The molecule has 2 heterocycles. The highest BCUT2D eigenvalue weighted by Crippen LogP contribution is 2.28. The van der Waals surface area contributed by atoms with Crippen molar-refractivity contribution in [2.45, 2.75) is 57.0 Å². The van der Waals surface area contributed by atoms with Crippen molar-refractivity contribution in [3.05, 3.63) is 29.3 Å². The second-order valence-corrected chi connectivity index (χ2v) is 7.34. The molecule has 3 nitrogen and oxygen atoms in total. The molecule has 1 aromatic carbocycles. The van der Waals surface area contributed by atoms with E-state index in [0.717, 1.165) is 10.8 Å². The zero-order chi connectivity index (χ0) is 14.9. The van der Waals surface area contributed by atoms with Crippen molar-refractivity contribution < 1.29 is 0 Å². The highest BCUT2D eigenvalue weighted by atomic mass is 32.1. The number of thiocarbonyl (C=S) groups is 1. The van der Waals surface area contributed by atoms with Gasteiger partial charge in [0.1, 0.15) is 0 Å². The van der Waals surface area contributed by atoms with Crippen LogP contribution in [0.5, 0.6) is 0 Å². The van der Waals surface area contributed by atoms with Crippen molar-refractivity contribution in [3.63, 3.8) is 0 Å². The minimum Gasteiger partial charge on any atom is -0.358 e. The van der Waals surface area contributed by atoms with Gasteiger partial charge in [-0.25, -0.2) is 0 Å². The third-order valence-electron chi connectivity index (χ3n) is 5.53. The molecule has 2 N–H and O–H groups in total. The SMILES string of the molecule is S=C(Nc1ccc2c(c1)CCC2)N[C@@H]1CCN2CCCC[C@@H]12. The Morgan fingerprint density at radius 1 is 1.05 bits per heavy atom. The Morgan fingerprint density at radius 3 is 2.91 bits per heavy atom. The average molecular weight is 315 g/mol. The highest BCUT2D eigenvalue weighted by molar-refractivity contribution is 7.80. The lowest BCUT2D eigenvalue weighted by Gasteiger charge is -2.33. The molecule has 0 saturated carbocycles. The normalized spacial score (nSPS) is 27.3. The van der Waals surface area contributed by atoms with Crippen molar-refractivity contribution in [3.8, 4) is 0 Å². The molecule has 0 unspecified atom stereocenters. The number of benzene rings is 1. The molecule has 2 saturated heterocycles. The molecule has 4 rings (SSSR count). The predicted octanol–water partition coefficient (Wildman–Crippen LogP) is 3.09. The van der Waals surface area contributed by atoms with Crippen LogP contribution in [0.25, 0.3) is 0 Å². The monoisotopic (exact) mass is 315 g/mol. The van der Waals surface area contributed by atoms with E-state index in [1.54, 1.807) is 0 Å². The highest BCUT2D eigenvalue weighted by Gasteiger charge is 2.35. The van der Waals surface area contributed by atoms with Crippen molar-refractivity contribution in [1.29, 1.82) is 0 Å². The van der Waals surface area contributed by atoms with Crippen molar-refractivity contribution in [1.82, 2.24) is 10.2 Å². The summed E-state index contributed by atoms with van der Waals surface area (Å²) in [5.41, 5.74) is 4.14. The van der Waals surface area contributed by atoms with Crippen LogP contribution in [-0.2, 0) is 12.8 Å². The van der Waals surface area contributed by atoms with Gasteiger partial charge in [-0.1, -0.05) is 12.5 Å². The molecular weight excluding hydrogens is 290 g/mol. The van der Waals surface area contributed by atoms with E-state index < -0.39 is 0 Å². The quantitative estimate of drug-likeness (QED) is 0.820. The van der Waals surface area contributed by atoms with Gasteiger partial charge in [-0.15, -0.1) is 0 Å². The summed E-state index contributed by atoms with van der Waals surface area (Å²) in [4.78, 5) is 2.64. The number of nitrogens with one attached hydrogen (secondary N) is 2. The Hall–Kier alpha value is -1.13. The van der Waals surface area contributed by atoms with Gasteiger partial charge in [-0.05, 0) is 80.5 Å². The first-order valence-corrected chi connectivity index (χ1v) is 9.14. The number of fused-ring (bicyclic) bond motifs is 2. The van der Waals surface area contributed by atoms with Gasteiger partial charge in [0.15, 0.2) is 5.11 Å². The van der Waals surface area contributed by atoms with Gasteiger partial charge in [-0.2, -0.15) is 0 Å². The number of hydrogen-bond acceptors (Lipinski definition) is 2. The number of piperidine rings is 1. The summed E-state index contributed by atoms with van der Waals surface area (Å²) in [7, 11) is 0. The fourth-order valence-electron chi connectivity index (χ4n) is 4.40. The molecule has 2 atom stereocenters. The van der Waals surface area contributed by atoms with E-state index in [0.29, 0.717) is 12.1 Å². The minimum absolute atomic E-state index is 0.523. The Balaban J connectivity index is 1.36. The largest absolute Gasteiger partial charge is 0.358 e. The third kappa shape index (κ3) is 2.86. The van der Waals surface area contributed by atoms with Gasteiger partial charge >= 0.3 is 0 Å². The first kappa shape index (κ1) is 14.5. The predicted molar refractivity (Wildman–Crippen MR) is 95.4 cm³/mol. The van der Waals surface area contributed by atoms with E-state index in [-0.39, 0.29) is 0 Å². The van der Waals surface area contributed by atoms with Crippen molar-refractivity contribution in [2.24, 2.45) is 0 Å². The third-order valence-corrected chi connectivity index (χ3v) is 5.75. The Kier molecular flexibility index (Phi) is 4.05. The van der Waals surface area contributed by atoms with Gasteiger partial charge in [0.25, 0.3) is 0 Å². The van der Waals surface area contributed by atoms with Gasteiger partial charge in [0.2, 0.25) is 0 Å². The molecule has 3 aliphatic rings. The summed E-state index contributed by atoms with van der Waals surface area (Å²) in [6.07, 6.45) is 9.00. The van der Waals surface area contributed by atoms with E-state index in [1.165, 1.54) is 69.2 Å². The molecule has 118 valence electrons. The summed E-state index contributed by atoms with van der Waals surface area (Å²) in [6.45, 7) is 2.50. The number of hydrogen-bond donors (Lipinski definition) is 2. The fourth-order valence-corrected chi connectivity index (χ4v) is 4.67. The lowest BCUT2D eigenvalue weighted by Crippen LogP contribution is -2.47. The topological polar surface area (TPSA) is 27.3 Å². The lowest BCUT2D eigenvalue weighted by molar-refractivity contribution is 0.185. The fraction of sp³-hybridized carbons (Fsp3) is 0.611. The maximum atomic E-state index is 5.55. The molecule has 0 spiro atoms. The molecular formula is C18H25N3S. The maximum absolute atomic E-state index is 5.55. The summed E-state index contributed by atoms with van der Waals surface area (Å²) >= 11 is 5.55. The number of anilines is 1. The van der Waals surface area contributed by atoms with Gasteiger partial charge in [-0.3, -0.25) is 4.90 Å². The summed E-state index contributed by atoms with van der Waals surface area (Å²) in [5, 5.41) is 7.76. The van der Waals surface area contributed by atoms with Crippen LogP contribution in [-0.4, -0.2) is 35.2 Å². The maximum Gasteiger partial charge on any atom is 0.171 e. The summed E-state index contributed by atoms with van der Waals surface area (Å²) in [5.74, 6) is 0. The van der Waals surface area contributed by atoms with Crippen LogP contribution < -0.4 is 10.6 Å². The second kappa shape index (κ2) is 6.17. The molecule has 1 aromatic rings. The van der Waals surface area contributed by atoms with Crippen LogP contribution in [0.1, 0.15) is 43.2 Å². The standard InChI is InChI=1S/C18H25N3S/c22-18(19-15-8-7-13-4-3-5-14(13)12-15)20-16-9-11-21-10-2-1-6-17(16)21/h7-8,12,16-17H,1-6,9-11H2,(H2,19,20,22)/t16-,17+/m1/s1. The van der Waals surface area contributed by atoms with E-state index in [9.17, 15) is 0 Å². The second-order valence-electron chi connectivity index (χ2n) is 6.93. The van der Waals surface area contributed by atoms with Gasteiger partial charge < -0.3 is 10.6 Å². The Bertz CT molecular complexity index is 571. The van der Waals surface area contributed by atoms with E-state index in [4.69, 9.17) is 12.2 Å². The zero-order valence-electron chi connectivity index (χ0n) is 13.1. The van der Waals surface area contributed by atoms with Gasteiger partial charge in [0.05, 0.1) is 0 Å². The summed E-state index contributed by atoms with van der Waals surface area (Å²) < 4.78 is 0. The van der Waals surface area contributed by atoms with Crippen molar-refractivity contribution in [2.75, 3.05) is 18.4 Å². The Labute approximate surface area is 138 Å². The smallest absolute Gasteiger partial charge is 0.171 e. The first-order valence-electron chi connectivity index (χ1n) is 8.73. The number of aryl methyl sites for hydroxylation is 2. The molecule has 0 aromatic heterocycles. The zero-order valence-corrected chi connectivity index (χ0v) is 13.9. The Morgan fingerprint density at radius 2 is 1.95 bits per heavy atom. The minimum atomic E-state index is 0.523. The molecule has 22 heavy (non-hydrogen) atoms. The number of nitrogens with zero attached hydrogens (tertiary/aromatic N) is 1. The molecule has 0 amide bonds. The van der Waals surface area contributed by atoms with E-state index in [1.807, 2.05) is 0 Å². The van der Waals surface area contributed by atoms with Crippen LogP contribution >= 0.6 is 12.2 Å². The van der Waals surface area contributed by atoms with E-state index in [2.05, 4.69) is 33.7 Å². The number of rotatable bonds is 2. The molecule has 0 bridgehead atoms. The molecule has 4 heteroatoms. The van der Waals surface area contributed by atoms with Crippen molar-refractivity contribution >= 4 is 23.0 Å². The molecule has 2 fully saturated rings. The molecule has 0 radical (unpaired) electrons. The van der Waals surface area contributed by atoms with Crippen LogP contribution in [0.4, 0.5) is 5.69 Å². The van der Waals surface area contributed by atoms with Gasteiger partial charge in [0, 0.05) is 24.3 Å². The first-order chi connectivity index (χ1) is 10.8. The molecule has 1 aliphatic carbocycles. The lowest BCUT2D eigenvalue weighted by atomic mass is 9.99. The van der Waals surface area contributed by atoms with Crippen LogP contribution in [0.2, 0.25) is 0 Å².